The molecule has 37 heavy (non-hydrogen) atoms. The van der Waals surface area contributed by atoms with Crippen molar-refractivity contribution in [1.82, 2.24) is 0 Å². The molecule has 12 nitrogen and oxygen atoms in total. The Balaban J connectivity index is 2.04. The lowest BCUT2D eigenvalue weighted by Crippen LogP contribution is -2.11. The Hall–Kier alpha value is -4.87. The van der Waals surface area contributed by atoms with Crippen LogP contribution in [0.4, 0.5) is 17.1 Å². The predicted molar refractivity (Wildman–Crippen MR) is 134 cm³/mol. The summed E-state index contributed by atoms with van der Waals surface area (Å²) in [5.74, 6) is -2.63. The van der Waals surface area contributed by atoms with E-state index in [2.05, 4.69) is 25.8 Å². The molecule has 0 atom stereocenters. The summed E-state index contributed by atoms with van der Waals surface area (Å²) in [7, 11) is 0. The molecule has 12 heteroatoms. The number of amides is 1. The van der Waals surface area contributed by atoms with Crippen LogP contribution < -0.4 is 5.32 Å². The average Bonchev–Trinajstić information content (AvgIpc) is 2.85. The van der Waals surface area contributed by atoms with E-state index in [-0.39, 0.29) is 42.0 Å². The number of nitrogens with zero attached hydrogens (tertiary/aromatic N) is 4. The van der Waals surface area contributed by atoms with E-state index < -0.39 is 11.9 Å². The second-order valence-electron chi connectivity index (χ2n) is 7.26. The minimum atomic E-state index is -0.797. The molecule has 3 N–H and O–H groups in total. The molecule has 0 heterocycles. The van der Waals surface area contributed by atoms with Crippen LogP contribution in [0.25, 0.3) is 0 Å². The number of aliphatic hydroxyl groups excluding tert-OH is 2. The van der Waals surface area contributed by atoms with Gasteiger partial charge in [0.05, 0.1) is 24.6 Å². The Morgan fingerprint density at radius 1 is 0.730 bits per heavy atom. The van der Waals surface area contributed by atoms with Gasteiger partial charge >= 0.3 is 11.9 Å². The third-order valence-corrected chi connectivity index (χ3v) is 4.41. The zero-order valence-corrected chi connectivity index (χ0v) is 20.8. The molecule has 0 aromatic heterocycles. The lowest BCUT2D eigenvalue weighted by molar-refractivity contribution is -0.139. The van der Waals surface area contributed by atoms with Gasteiger partial charge in [-0.15, -0.1) is 10.2 Å². The second-order valence-corrected chi connectivity index (χ2v) is 7.26. The molecule has 2 aromatic rings. The second kappa shape index (κ2) is 13.9. The van der Waals surface area contributed by atoms with Crippen molar-refractivity contribution in [3.8, 4) is 0 Å². The summed E-state index contributed by atoms with van der Waals surface area (Å²) in [6.45, 7) is 6.10. The first-order valence-corrected chi connectivity index (χ1v) is 11.1. The van der Waals surface area contributed by atoms with Gasteiger partial charge in [0.2, 0.25) is 11.4 Å². The molecule has 0 aliphatic heterocycles. The molecule has 0 aliphatic rings. The van der Waals surface area contributed by atoms with Crippen LogP contribution in [0.5, 0.6) is 0 Å². The first-order chi connectivity index (χ1) is 17.7. The van der Waals surface area contributed by atoms with Gasteiger partial charge in [0.25, 0.3) is 5.91 Å². The van der Waals surface area contributed by atoms with Gasteiger partial charge in [-0.05, 0) is 76.2 Å². The van der Waals surface area contributed by atoms with Crippen molar-refractivity contribution >= 4 is 34.9 Å². The average molecular weight is 510 g/mol. The van der Waals surface area contributed by atoms with Gasteiger partial charge in [0.15, 0.2) is 0 Å². The minimum absolute atomic E-state index is 0.124. The number of hydrogen-bond donors (Lipinski definition) is 3. The molecule has 194 valence electrons. The van der Waals surface area contributed by atoms with Crippen molar-refractivity contribution in [1.29, 1.82) is 0 Å². The highest BCUT2D eigenvalue weighted by atomic mass is 16.5. The van der Waals surface area contributed by atoms with Crippen LogP contribution in [0.1, 0.15) is 38.1 Å². The maximum atomic E-state index is 12.6. The fourth-order valence-electron chi connectivity index (χ4n) is 2.63. The number of anilines is 1. The molecule has 0 radical (unpaired) electrons. The summed E-state index contributed by atoms with van der Waals surface area (Å²) in [4.78, 5) is 36.2. The molecular weight excluding hydrogens is 482 g/mol. The van der Waals surface area contributed by atoms with Crippen molar-refractivity contribution in [3.05, 3.63) is 77.0 Å². The summed E-state index contributed by atoms with van der Waals surface area (Å²) in [5, 5.41) is 37.2. The molecular formula is C25H27N5O7. The Morgan fingerprint density at radius 2 is 1.14 bits per heavy atom. The van der Waals surface area contributed by atoms with Gasteiger partial charge in [0, 0.05) is 11.3 Å². The monoisotopic (exact) mass is 509 g/mol. The van der Waals surface area contributed by atoms with E-state index in [1.165, 1.54) is 38.1 Å². The van der Waals surface area contributed by atoms with Crippen molar-refractivity contribution in [2.75, 3.05) is 18.5 Å². The first kappa shape index (κ1) is 28.4. The number of hydrogen-bond acceptors (Lipinski definition) is 11. The number of nitrogens with one attached hydrogen (secondary N) is 1. The van der Waals surface area contributed by atoms with E-state index in [4.69, 9.17) is 9.47 Å². The molecule has 0 saturated carbocycles. The van der Waals surface area contributed by atoms with Crippen molar-refractivity contribution in [3.63, 3.8) is 0 Å². The van der Waals surface area contributed by atoms with Gasteiger partial charge in [-0.3, -0.25) is 4.79 Å². The minimum Gasteiger partial charge on any atom is -0.510 e. The summed E-state index contributed by atoms with van der Waals surface area (Å²) in [5.41, 5.74) is 0.932. The Kier molecular flexibility index (Phi) is 10.6. The summed E-state index contributed by atoms with van der Waals surface area (Å²) < 4.78 is 9.63. The SMILES string of the molecule is CCOC(=O)/C(N=Nc1ccc(NC(=O)c2ccc(N=N/C(C(=O)OCC)=C(\C)O)cc2)cc1)=C(\C)O. The van der Waals surface area contributed by atoms with Crippen molar-refractivity contribution < 1.29 is 34.1 Å². The van der Waals surface area contributed by atoms with Crippen LogP contribution in [-0.2, 0) is 19.1 Å². The Labute approximate surface area is 213 Å². The summed E-state index contributed by atoms with van der Waals surface area (Å²) in [6.07, 6.45) is 0. The highest BCUT2D eigenvalue weighted by molar-refractivity contribution is 6.04. The van der Waals surface area contributed by atoms with Crippen LogP contribution in [0.2, 0.25) is 0 Å². The molecule has 0 saturated heterocycles. The number of aliphatic hydroxyl groups is 2. The van der Waals surface area contributed by atoms with Crippen LogP contribution in [0.15, 0.2) is 91.9 Å². The quantitative estimate of drug-likeness (QED) is 0.157. The topological polar surface area (TPSA) is 172 Å². The molecule has 2 rings (SSSR count). The number of esters is 2. The van der Waals surface area contributed by atoms with Crippen molar-refractivity contribution in [2.45, 2.75) is 27.7 Å². The van der Waals surface area contributed by atoms with Gasteiger partial charge in [-0.2, -0.15) is 10.2 Å². The van der Waals surface area contributed by atoms with Gasteiger partial charge < -0.3 is 25.0 Å². The Bertz CT molecular complexity index is 1240. The fraction of sp³-hybridized carbons (Fsp3) is 0.240. The molecule has 0 aliphatic carbocycles. The first-order valence-electron chi connectivity index (χ1n) is 11.1. The molecule has 0 bridgehead atoms. The number of allylic oxidation sites excluding steroid dienone is 2. The highest BCUT2D eigenvalue weighted by Crippen LogP contribution is 2.21. The molecule has 1 amide bonds. The van der Waals surface area contributed by atoms with Gasteiger partial charge in [-0.25, -0.2) is 9.59 Å². The van der Waals surface area contributed by atoms with Gasteiger partial charge in [-0.1, -0.05) is 0 Å². The molecule has 0 unspecified atom stereocenters. The number of carbonyl (C=O) groups excluding carboxylic acids is 3. The van der Waals surface area contributed by atoms with Crippen LogP contribution in [-0.4, -0.2) is 41.3 Å². The Morgan fingerprint density at radius 3 is 1.51 bits per heavy atom. The maximum Gasteiger partial charge on any atom is 0.362 e. The molecule has 2 aromatic carbocycles. The standard InChI is InChI=1S/C25H27N5O7/c1-5-36-24(34)21(15(3)31)29-27-19-9-7-17(8-10-19)23(33)26-18-11-13-20(14-12-18)28-30-22(16(4)32)25(35)37-6-2/h7-14,31-32H,5-6H2,1-4H3,(H,26,33)/b21-15+,22-16-,29-27?,30-28?. The van der Waals surface area contributed by atoms with Crippen LogP contribution >= 0.6 is 0 Å². The highest BCUT2D eigenvalue weighted by Gasteiger charge is 2.15. The fourth-order valence-corrected chi connectivity index (χ4v) is 2.63. The summed E-state index contributed by atoms with van der Waals surface area (Å²) >= 11 is 0. The normalized spacial score (nSPS) is 12.6. The number of benzene rings is 2. The zero-order chi connectivity index (χ0) is 27.4. The smallest absolute Gasteiger partial charge is 0.362 e. The molecule has 0 fully saturated rings. The van der Waals surface area contributed by atoms with Gasteiger partial charge in [0.1, 0.15) is 11.5 Å². The van der Waals surface area contributed by atoms with Crippen LogP contribution in [0, 0.1) is 0 Å². The lowest BCUT2D eigenvalue weighted by Gasteiger charge is -2.06. The third-order valence-electron chi connectivity index (χ3n) is 4.41. The van der Waals surface area contributed by atoms with E-state index in [1.807, 2.05) is 0 Å². The maximum absolute atomic E-state index is 12.6. The number of rotatable bonds is 10. The van der Waals surface area contributed by atoms with E-state index >= 15 is 0 Å². The number of azo groups is 2. The predicted octanol–water partition coefficient (Wildman–Crippen LogP) is 5.81. The molecule has 0 spiro atoms. The lowest BCUT2D eigenvalue weighted by atomic mass is 10.2. The third kappa shape index (κ3) is 8.69. The van der Waals surface area contributed by atoms with Crippen molar-refractivity contribution in [2.24, 2.45) is 20.5 Å². The summed E-state index contributed by atoms with van der Waals surface area (Å²) in [6, 6.07) is 12.4. The largest absolute Gasteiger partial charge is 0.510 e. The number of carbonyl (C=O) groups is 3. The van der Waals surface area contributed by atoms with E-state index in [0.717, 1.165) is 0 Å². The number of ether oxygens (including phenoxy) is 2. The van der Waals surface area contributed by atoms with E-state index in [9.17, 15) is 24.6 Å². The van der Waals surface area contributed by atoms with Crippen LogP contribution in [0.3, 0.4) is 0 Å². The zero-order valence-electron chi connectivity index (χ0n) is 20.8. The van der Waals surface area contributed by atoms with E-state index in [1.54, 1.807) is 38.1 Å². The van der Waals surface area contributed by atoms with E-state index in [0.29, 0.717) is 22.6 Å².